The second-order valence-corrected chi connectivity index (χ2v) is 9.51. The fourth-order valence-electron chi connectivity index (χ4n) is 3.95. The van der Waals surface area contributed by atoms with Crippen LogP contribution in [-0.4, -0.2) is 44.5 Å². The van der Waals surface area contributed by atoms with Gasteiger partial charge in [0.25, 0.3) is 11.6 Å². The summed E-state index contributed by atoms with van der Waals surface area (Å²) in [4.78, 5) is 38.6. The van der Waals surface area contributed by atoms with E-state index in [4.69, 9.17) is 23.2 Å². The fourth-order valence-corrected chi connectivity index (χ4v) is 4.35. The maximum absolute atomic E-state index is 13.3. The van der Waals surface area contributed by atoms with E-state index in [1.807, 2.05) is 43.3 Å². The van der Waals surface area contributed by atoms with Crippen LogP contribution in [0.5, 0.6) is 0 Å². The summed E-state index contributed by atoms with van der Waals surface area (Å²) < 4.78 is 1.54. The molecule has 0 aliphatic rings. The average Bonchev–Trinajstić information content (AvgIpc) is 3.34. The van der Waals surface area contributed by atoms with Gasteiger partial charge in [0, 0.05) is 29.8 Å². The zero-order valence-corrected chi connectivity index (χ0v) is 22.5. The van der Waals surface area contributed by atoms with E-state index in [0.29, 0.717) is 28.6 Å². The third kappa shape index (κ3) is 6.63. The van der Waals surface area contributed by atoms with Crippen molar-refractivity contribution in [3.8, 4) is 16.9 Å². The Hall–Kier alpha value is -4.21. The zero-order chi connectivity index (χ0) is 27.9. The van der Waals surface area contributed by atoms with Crippen LogP contribution in [0.25, 0.3) is 16.9 Å². The quantitative estimate of drug-likeness (QED) is 0.171. The van der Waals surface area contributed by atoms with Gasteiger partial charge in [0.2, 0.25) is 5.91 Å². The van der Waals surface area contributed by atoms with Crippen molar-refractivity contribution < 1.29 is 14.5 Å². The van der Waals surface area contributed by atoms with Gasteiger partial charge < -0.3 is 10.2 Å². The molecule has 0 aliphatic heterocycles. The van der Waals surface area contributed by atoms with Crippen LogP contribution in [0.15, 0.2) is 78.9 Å². The molecule has 1 heterocycles. The van der Waals surface area contributed by atoms with Crippen molar-refractivity contribution in [1.82, 2.24) is 14.7 Å². The van der Waals surface area contributed by atoms with Crippen LogP contribution < -0.4 is 5.32 Å². The van der Waals surface area contributed by atoms with Crippen molar-refractivity contribution in [3.05, 3.63) is 105 Å². The van der Waals surface area contributed by atoms with E-state index < -0.39 is 16.7 Å². The first-order chi connectivity index (χ1) is 18.8. The number of hydrogen-bond acceptors (Lipinski definition) is 5. The molecular formula is C28H25Cl2N5O4. The minimum absolute atomic E-state index is 0.0717. The Morgan fingerprint density at radius 3 is 2.41 bits per heavy atom. The molecule has 4 rings (SSSR count). The molecule has 11 heteroatoms. The number of rotatable bonds is 10. The molecule has 9 nitrogen and oxygen atoms in total. The van der Waals surface area contributed by atoms with E-state index in [1.165, 1.54) is 17.0 Å². The largest absolute Gasteiger partial charge is 0.329 e. The number of halogens is 2. The standard InChI is InChI=1S/C28H25Cl2N5O4/c1-2-3-15-33(28(37)20-13-14-22(30)25(16-20)35(38)39)18-27(36)31-26-17-23(19-9-5-4-6-10-19)32-34(26)24-12-8-7-11-21(24)29/h4-14,16-17H,2-3,15,18H2,1H3,(H,31,36). The number of nitrogens with one attached hydrogen (secondary N) is 1. The molecule has 1 aromatic heterocycles. The van der Waals surface area contributed by atoms with Gasteiger partial charge in [-0.3, -0.25) is 19.7 Å². The lowest BCUT2D eigenvalue weighted by Gasteiger charge is -2.22. The Bertz CT molecular complexity index is 1510. The van der Waals surface area contributed by atoms with Crippen molar-refractivity contribution in [1.29, 1.82) is 0 Å². The number of hydrogen-bond donors (Lipinski definition) is 1. The second kappa shape index (κ2) is 12.6. The summed E-state index contributed by atoms with van der Waals surface area (Å²) in [6.45, 7) is 1.98. The molecule has 4 aromatic rings. The molecule has 0 saturated carbocycles. The topological polar surface area (TPSA) is 110 Å². The smallest absolute Gasteiger partial charge is 0.288 e. The lowest BCUT2D eigenvalue weighted by molar-refractivity contribution is -0.384. The van der Waals surface area contributed by atoms with Gasteiger partial charge in [0.05, 0.1) is 21.3 Å². The average molecular weight is 566 g/mol. The molecule has 0 aliphatic carbocycles. The highest BCUT2D eigenvalue weighted by Crippen LogP contribution is 2.29. The number of benzene rings is 3. The summed E-state index contributed by atoms with van der Waals surface area (Å²) in [5, 5.41) is 19.2. The second-order valence-electron chi connectivity index (χ2n) is 8.70. The molecule has 2 amide bonds. The van der Waals surface area contributed by atoms with Crippen molar-refractivity contribution in [3.63, 3.8) is 0 Å². The molecule has 200 valence electrons. The number of anilines is 1. The van der Waals surface area contributed by atoms with Gasteiger partial charge in [-0.2, -0.15) is 5.10 Å². The molecule has 0 saturated heterocycles. The number of nitro benzene ring substituents is 1. The lowest BCUT2D eigenvalue weighted by Crippen LogP contribution is -2.39. The number of para-hydroxylation sites is 1. The predicted molar refractivity (Wildman–Crippen MR) is 152 cm³/mol. The highest BCUT2D eigenvalue weighted by Gasteiger charge is 2.23. The van der Waals surface area contributed by atoms with Gasteiger partial charge >= 0.3 is 0 Å². The van der Waals surface area contributed by atoms with Gasteiger partial charge in [-0.05, 0) is 30.7 Å². The fraction of sp³-hybridized carbons (Fsp3) is 0.179. The van der Waals surface area contributed by atoms with Crippen LogP contribution in [0.4, 0.5) is 11.5 Å². The van der Waals surface area contributed by atoms with Crippen LogP contribution >= 0.6 is 23.2 Å². The molecule has 0 bridgehead atoms. The number of nitrogens with zero attached hydrogens (tertiary/aromatic N) is 4. The summed E-state index contributed by atoms with van der Waals surface area (Å²) in [7, 11) is 0. The zero-order valence-electron chi connectivity index (χ0n) is 21.0. The highest BCUT2D eigenvalue weighted by molar-refractivity contribution is 6.33. The molecule has 0 spiro atoms. The van der Waals surface area contributed by atoms with Crippen LogP contribution in [0, 0.1) is 10.1 Å². The Morgan fingerprint density at radius 2 is 1.72 bits per heavy atom. The van der Waals surface area contributed by atoms with Crippen LogP contribution in [0.3, 0.4) is 0 Å². The molecule has 0 atom stereocenters. The minimum atomic E-state index is -0.650. The highest BCUT2D eigenvalue weighted by atomic mass is 35.5. The first-order valence-electron chi connectivity index (χ1n) is 12.2. The molecule has 0 radical (unpaired) electrons. The summed E-state index contributed by atoms with van der Waals surface area (Å²) in [6, 6.07) is 22.2. The first-order valence-corrected chi connectivity index (χ1v) is 13.0. The van der Waals surface area contributed by atoms with E-state index in [-0.39, 0.29) is 29.4 Å². The van der Waals surface area contributed by atoms with Crippen LogP contribution in [-0.2, 0) is 4.79 Å². The van der Waals surface area contributed by atoms with E-state index in [0.717, 1.165) is 18.1 Å². The van der Waals surface area contributed by atoms with Gasteiger partial charge in [0.15, 0.2) is 0 Å². The van der Waals surface area contributed by atoms with Crippen molar-refractivity contribution in [2.24, 2.45) is 0 Å². The minimum Gasteiger partial charge on any atom is -0.329 e. The summed E-state index contributed by atoms with van der Waals surface area (Å²) in [5.74, 6) is -0.601. The maximum atomic E-state index is 13.3. The van der Waals surface area contributed by atoms with Gasteiger partial charge in [0.1, 0.15) is 17.4 Å². The van der Waals surface area contributed by atoms with Crippen LogP contribution in [0.2, 0.25) is 10.0 Å². The van der Waals surface area contributed by atoms with E-state index >= 15 is 0 Å². The molecule has 39 heavy (non-hydrogen) atoms. The summed E-state index contributed by atoms with van der Waals surface area (Å²) in [6.07, 6.45) is 1.43. The number of aromatic nitrogens is 2. The number of amides is 2. The number of unbranched alkanes of at least 4 members (excludes halogenated alkanes) is 1. The normalized spacial score (nSPS) is 10.7. The van der Waals surface area contributed by atoms with Gasteiger partial charge in [-0.1, -0.05) is 79.0 Å². The number of carbonyl (C=O) groups excluding carboxylic acids is 2. The van der Waals surface area contributed by atoms with Crippen molar-refractivity contribution in [2.45, 2.75) is 19.8 Å². The molecule has 1 N–H and O–H groups in total. The Balaban J connectivity index is 1.62. The van der Waals surface area contributed by atoms with E-state index in [1.54, 1.807) is 28.9 Å². The van der Waals surface area contributed by atoms with Crippen molar-refractivity contribution >= 4 is 46.5 Å². The molecule has 0 fully saturated rings. The first kappa shape index (κ1) is 27.8. The third-order valence-electron chi connectivity index (χ3n) is 5.92. The van der Waals surface area contributed by atoms with Crippen LogP contribution in [0.1, 0.15) is 30.1 Å². The molecule has 0 unspecified atom stereocenters. The number of nitro groups is 1. The maximum Gasteiger partial charge on any atom is 0.288 e. The molecular weight excluding hydrogens is 541 g/mol. The Morgan fingerprint density at radius 1 is 1.00 bits per heavy atom. The summed E-state index contributed by atoms with van der Waals surface area (Å²) in [5.41, 5.74) is 1.74. The monoisotopic (exact) mass is 565 g/mol. The SMILES string of the molecule is CCCCN(CC(=O)Nc1cc(-c2ccccc2)nn1-c1ccccc1Cl)C(=O)c1ccc(Cl)c([N+](=O)[O-])c1. The number of carbonyl (C=O) groups is 2. The summed E-state index contributed by atoms with van der Waals surface area (Å²) >= 11 is 12.3. The third-order valence-corrected chi connectivity index (χ3v) is 6.56. The van der Waals surface area contributed by atoms with E-state index in [2.05, 4.69) is 10.4 Å². The van der Waals surface area contributed by atoms with Gasteiger partial charge in [-0.25, -0.2) is 4.68 Å². The van der Waals surface area contributed by atoms with E-state index in [9.17, 15) is 19.7 Å². The van der Waals surface area contributed by atoms with Gasteiger partial charge in [-0.15, -0.1) is 0 Å². The predicted octanol–water partition coefficient (Wildman–Crippen LogP) is 6.64. The lowest BCUT2D eigenvalue weighted by atomic mass is 10.1. The Labute approximate surface area is 235 Å². The Kier molecular flexibility index (Phi) is 8.96. The molecule has 3 aromatic carbocycles. The van der Waals surface area contributed by atoms with Crippen molar-refractivity contribution in [2.75, 3.05) is 18.4 Å².